The molecule has 3 rings (SSSR count). The summed E-state index contributed by atoms with van der Waals surface area (Å²) >= 11 is 12.1. The van der Waals surface area contributed by atoms with Gasteiger partial charge >= 0.3 is 0 Å². The molecule has 0 amide bonds. The van der Waals surface area contributed by atoms with Crippen LogP contribution in [-0.2, 0) is 13.1 Å². The number of hydrogen-bond acceptors (Lipinski definition) is 2. The lowest BCUT2D eigenvalue weighted by atomic mass is 10.1. The maximum Gasteiger partial charge on any atom is 0.0595 e. The zero-order valence-corrected chi connectivity index (χ0v) is 13.2. The highest BCUT2D eigenvalue weighted by molar-refractivity contribution is 6.42. The van der Waals surface area contributed by atoms with E-state index in [0.717, 1.165) is 18.8 Å². The van der Waals surface area contributed by atoms with Gasteiger partial charge in [-0.1, -0.05) is 41.4 Å². The Labute approximate surface area is 135 Å². The molecule has 0 aliphatic heterocycles. The molecule has 2 nitrogen and oxygen atoms in total. The predicted molar refractivity (Wildman–Crippen MR) is 89.6 cm³/mol. The highest BCUT2D eigenvalue weighted by Crippen LogP contribution is 2.31. The number of halogens is 2. The van der Waals surface area contributed by atoms with Crippen LogP contribution < -0.4 is 5.73 Å². The van der Waals surface area contributed by atoms with E-state index in [0.29, 0.717) is 16.1 Å². The van der Waals surface area contributed by atoms with Crippen molar-refractivity contribution in [2.45, 2.75) is 32.0 Å². The molecule has 2 aromatic rings. The molecule has 1 saturated carbocycles. The SMILES string of the molecule is Nc1ccc(CN(Cc2ccc(Cl)c(Cl)c2)C2CC2)cc1. The molecule has 0 bridgehead atoms. The molecule has 0 unspecified atom stereocenters. The number of rotatable bonds is 5. The average molecular weight is 321 g/mol. The van der Waals surface area contributed by atoms with Crippen LogP contribution in [0.3, 0.4) is 0 Å². The number of nitrogens with two attached hydrogens (primary N) is 1. The van der Waals surface area contributed by atoms with Gasteiger partial charge in [0, 0.05) is 24.8 Å². The summed E-state index contributed by atoms with van der Waals surface area (Å²) in [5.41, 5.74) is 9.04. The van der Waals surface area contributed by atoms with Gasteiger partial charge < -0.3 is 5.73 Å². The summed E-state index contributed by atoms with van der Waals surface area (Å²) < 4.78 is 0. The Morgan fingerprint density at radius 1 is 0.905 bits per heavy atom. The third kappa shape index (κ3) is 3.91. The fraction of sp³-hybridized carbons (Fsp3) is 0.294. The number of nitrogens with zero attached hydrogens (tertiary/aromatic N) is 1. The van der Waals surface area contributed by atoms with Crippen LogP contribution in [0.4, 0.5) is 5.69 Å². The van der Waals surface area contributed by atoms with E-state index in [2.05, 4.69) is 17.0 Å². The Bertz CT molecular complexity index is 621. The van der Waals surface area contributed by atoms with Crippen molar-refractivity contribution in [2.24, 2.45) is 0 Å². The van der Waals surface area contributed by atoms with Crippen molar-refractivity contribution in [1.29, 1.82) is 0 Å². The van der Waals surface area contributed by atoms with E-state index in [1.54, 1.807) is 0 Å². The summed E-state index contributed by atoms with van der Waals surface area (Å²) in [4.78, 5) is 2.49. The van der Waals surface area contributed by atoms with Crippen LogP contribution in [-0.4, -0.2) is 10.9 Å². The van der Waals surface area contributed by atoms with Crippen LogP contribution >= 0.6 is 23.2 Å². The second kappa shape index (κ2) is 6.27. The van der Waals surface area contributed by atoms with E-state index in [9.17, 15) is 0 Å². The number of hydrogen-bond donors (Lipinski definition) is 1. The zero-order chi connectivity index (χ0) is 14.8. The molecule has 2 aromatic carbocycles. The molecule has 0 spiro atoms. The summed E-state index contributed by atoms with van der Waals surface area (Å²) in [7, 11) is 0. The standard InChI is InChI=1S/C17H18Cl2N2/c18-16-8-3-13(9-17(16)19)11-21(15-6-7-15)10-12-1-4-14(20)5-2-12/h1-5,8-9,15H,6-7,10-11,20H2. The maximum atomic E-state index is 6.11. The molecule has 1 aliphatic carbocycles. The highest BCUT2D eigenvalue weighted by Gasteiger charge is 2.28. The number of benzene rings is 2. The van der Waals surface area contributed by atoms with Crippen LogP contribution in [0.2, 0.25) is 10.0 Å². The molecule has 0 atom stereocenters. The maximum absolute atomic E-state index is 6.11. The highest BCUT2D eigenvalue weighted by atomic mass is 35.5. The molecule has 1 aliphatic rings. The van der Waals surface area contributed by atoms with E-state index in [-0.39, 0.29) is 0 Å². The van der Waals surface area contributed by atoms with Gasteiger partial charge in [-0.2, -0.15) is 0 Å². The van der Waals surface area contributed by atoms with E-state index < -0.39 is 0 Å². The minimum absolute atomic E-state index is 0.608. The van der Waals surface area contributed by atoms with Gasteiger partial charge in [-0.3, -0.25) is 4.90 Å². The Morgan fingerprint density at radius 2 is 1.52 bits per heavy atom. The van der Waals surface area contributed by atoms with Gasteiger partial charge in [0.05, 0.1) is 10.0 Å². The summed E-state index contributed by atoms with van der Waals surface area (Å²) in [5.74, 6) is 0. The van der Waals surface area contributed by atoms with Crippen LogP contribution in [0.25, 0.3) is 0 Å². The van der Waals surface area contributed by atoms with Crippen molar-refractivity contribution in [3.05, 3.63) is 63.6 Å². The summed E-state index contributed by atoms with van der Waals surface area (Å²) in [6, 6.07) is 14.7. The van der Waals surface area contributed by atoms with Gasteiger partial charge in [0.15, 0.2) is 0 Å². The van der Waals surface area contributed by atoms with Gasteiger partial charge in [0.1, 0.15) is 0 Å². The van der Waals surface area contributed by atoms with Crippen molar-refractivity contribution >= 4 is 28.9 Å². The quantitative estimate of drug-likeness (QED) is 0.806. The molecule has 0 radical (unpaired) electrons. The minimum Gasteiger partial charge on any atom is -0.399 e. The minimum atomic E-state index is 0.608. The molecular formula is C17H18Cl2N2. The van der Waals surface area contributed by atoms with Crippen LogP contribution in [0.1, 0.15) is 24.0 Å². The lowest BCUT2D eigenvalue weighted by molar-refractivity contribution is 0.246. The smallest absolute Gasteiger partial charge is 0.0595 e. The van der Waals surface area contributed by atoms with Crippen molar-refractivity contribution < 1.29 is 0 Å². The van der Waals surface area contributed by atoms with Crippen molar-refractivity contribution in [2.75, 3.05) is 5.73 Å². The molecule has 21 heavy (non-hydrogen) atoms. The van der Waals surface area contributed by atoms with Gasteiger partial charge in [0.2, 0.25) is 0 Å². The Hall–Kier alpha value is -1.22. The normalized spacial score (nSPS) is 14.6. The molecule has 2 N–H and O–H groups in total. The van der Waals surface area contributed by atoms with E-state index >= 15 is 0 Å². The van der Waals surface area contributed by atoms with Gasteiger partial charge in [-0.05, 0) is 48.2 Å². The van der Waals surface area contributed by atoms with E-state index in [4.69, 9.17) is 28.9 Å². The molecule has 0 aromatic heterocycles. The largest absolute Gasteiger partial charge is 0.399 e. The van der Waals surface area contributed by atoms with Crippen LogP contribution in [0.5, 0.6) is 0 Å². The topological polar surface area (TPSA) is 29.3 Å². The summed E-state index contributed by atoms with van der Waals surface area (Å²) in [6.45, 7) is 1.83. The third-order valence-electron chi connectivity index (χ3n) is 3.80. The Morgan fingerprint density at radius 3 is 2.14 bits per heavy atom. The molecule has 0 saturated heterocycles. The van der Waals surface area contributed by atoms with Crippen molar-refractivity contribution in [1.82, 2.24) is 4.90 Å². The molecule has 110 valence electrons. The van der Waals surface area contributed by atoms with Gasteiger partial charge in [0.25, 0.3) is 0 Å². The average Bonchev–Trinajstić information content (AvgIpc) is 3.29. The van der Waals surface area contributed by atoms with Crippen molar-refractivity contribution in [3.8, 4) is 0 Å². The van der Waals surface area contributed by atoms with Gasteiger partial charge in [-0.25, -0.2) is 0 Å². The first-order valence-corrected chi connectivity index (χ1v) is 7.90. The van der Waals surface area contributed by atoms with Crippen LogP contribution in [0.15, 0.2) is 42.5 Å². The Balaban J connectivity index is 1.72. The molecule has 0 heterocycles. The molecular weight excluding hydrogens is 303 g/mol. The molecule has 1 fully saturated rings. The Kier molecular flexibility index (Phi) is 4.39. The fourth-order valence-corrected chi connectivity index (χ4v) is 2.80. The first kappa shape index (κ1) is 14.7. The fourth-order valence-electron chi connectivity index (χ4n) is 2.48. The lowest BCUT2D eigenvalue weighted by Crippen LogP contribution is -2.25. The predicted octanol–water partition coefficient (Wildman–Crippen LogP) is 4.74. The van der Waals surface area contributed by atoms with Gasteiger partial charge in [-0.15, -0.1) is 0 Å². The first-order chi connectivity index (χ1) is 10.1. The zero-order valence-electron chi connectivity index (χ0n) is 11.7. The second-order valence-electron chi connectivity index (χ2n) is 5.63. The lowest BCUT2D eigenvalue weighted by Gasteiger charge is -2.22. The summed E-state index contributed by atoms with van der Waals surface area (Å²) in [5, 5.41) is 1.23. The summed E-state index contributed by atoms with van der Waals surface area (Å²) in [6.07, 6.45) is 2.55. The van der Waals surface area contributed by atoms with Crippen LogP contribution in [0, 0.1) is 0 Å². The van der Waals surface area contributed by atoms with E-state index in [1.165, 1.54) is 24.0 Å². The second-order valence-corrected chi connectivity index (χ2v) is 6.44. The van der Waals surface area contributed by atoms with E-state index in [1.807, 2.05) is 30.3 Å². The molecule has 4 heteroatoms. The number of anilines is 1. The third-order valence-corrected chi connectivity index (χ3v) is 4.54. The number of nitrogen functional groups attached to an aromatic ring is 1. The first-order valence-electron chi connectivity index (χ1n) is 7.14. The monoisotopic (exact) mass is 320 g/mol. The van der Waals surface area contributed by atoms with Crippen molar-refractivity contribution in [3.63, 3.8) is 0 Å².